The fraction of sp³-hybridized carbons (Fsp3) is 0.208. The molecule has 1 atom stereocenters. The van der Waals surface area contributed by atoms with Gasteiger partial charge < -0.3 is 14.8 Å². The van der Waals surface area contributed by atoms with Gasteiger partial charge in [-0.3, -0.25) is 4.79 Å². The zero-order valence-electron chi connectivity index (χ0n) is 16.8. The second-order valence-electron chi connectivity index (χ2n) is 7.10. The molecule has 3 aromatic rings. The topological polar surface area (TPSA) is 77.5 Å². The van der Waals surface area contributed by atoms with Crippen molar-refractivity contribution in [3.8, 4) is 17.0 Å². The molecule has 0 unspecified atom stereocenters. The van der Waals surface area contributed by atoms with Crippen molar-refractivity contribution in [2.24, 2.45) is 0 Å². The number of ether oxygens (including phenoxy) is 2. The highest BCUT2D eigenvalue weighted by Crippen LogP contribution is 2.44. The predicted molar refractivity (Wildman–Crippen MR) is 112 cm³/mol. The summed E-state index contributed by atoms with van der Waals surface area (Å²) in [6.45, 7) is 0. The van der Waals surface area contributed by atoms with Crippen molar-refractivity contribution in [1.29, 1.82) is 0 Å². The summed E-state index contributed by atoms with van der Waals surface area (Å²) in [4.78, 5) is 29.9. The van der Waals surface area contributed by atoms with Crippen molar-refractivity contribution in [3.63, 3.8) is 0 Å². The molecule has 0 saturated heterocycles. The number of esters is 1. The molecule has 4 rings (SSSR count). The summed E-state index contributed by atoms with van der Waals surface area (Å²) in [7, 11) is 2.85. The second kappa shape index (κ2) is 8.37. The summed E-state index contributed by atoms with van der Waals surface area (Å²) in [6.07, 6.45) is 1.90. The van der Waals surface area contributed by atoms with E-state index in [4.69, 9.17) is 9.47 Å². The van der Waals surface area contributed by atoms with E-state index in [0.717, 1.165) is 27.8 Å². The number of fused-ring (bicyclic) bond motifs is 3. The van der Waals surface area contributed by atoms with Crippen LogP contribution >= 0.6 is 0 Å². The van der Waals surface area contributed by atoms with Crippen LogP contribution in [0.25, 0.3) is 11.1 Å². The smallest absolute Gasteiger partial charge is 0.328 e. The predicted octanol–water partition coefficient (Wildman–Crippen LogP) is 3.10. The van der Waals surface area contributed by atoms with Gasteiger partial charge in [0.1, 0.15) is 6.04 Å². The van der Waals surface area contributed by atoms with Gasteiger partial charge in [0.15, 0.2) is 0 Å². The van der Waals surface area contributed by atoms with E-state index >= 15 is 0 Å². The Morgan fingerprint density at radius 1 is 0.967 bits per heavy atom. The van der Waals surface area contributed by atoms with Gasteiger partial charge in [0.05, 0.1) is 20.1 Å². The van der Waals surface area contributed by atoms with E-state index in [2.05, 4.69) is 10.3 Å². The fourth-order valence-electron chi connectivity index (χ4n) is 3.92. The molecule has 0 saturated carbocycles. The lowest BCUT2D eigenvalue weighted by molar-refractivity contribution is -0.145. The highest BCUT2D eigenvalue weighted by molar-refractivity contribution is 5.97. The third-order valence-corrected chi connectivity index (χ3v) is 5.34. The normalized spacial score (nSPS) is 13.1. The first-order chi connectivity index (χ1) is 14.6. The van der Waals surface area contributed by atoms with Crippen molar-refractivity contribution in [2.75, 3.05) is 14.2 Å². The number of carbonyl (C=O) groups is 2. The van der Waals surface area contributed by atoms with Gasteiger partial charge in [-0.05, 0) is 27.8 Å². The minimum absolute atomic E-state index is 0.232. The first-order valence-electron chi connectivity index (χ1n) is 9.67. The molecule has 0 spiro atoms. The van der Waals surface area contributed by atoms with Crippen LogP contribution < -0.4 is 10.1 Å². The minimum atomic E-state index is -0.822. The highest BCUT2D eigenvalue weighted by Gasteiger charge is 2.35. The first kappa shape index (κ1) is 19.6. The molecule has 0 radical (unpaired) electrons. The number of benzene rings is 2. The van der Waals surface area contributed by atoms with E-state index in [0.29, 0.717) is 5.88 Å². The number of methoxy groups -OCH3 is 2. The number of amides is 1. The van der Waals surface area contributed by atoms with E-state index < -0.39 is 17.9 Å². The van der Waals surface area contributed by atoms with Crippen LogP contribution in [0, 0.1) is 0 Å². The van der Waals surface area contributed by atoms with Gasteiger partial charge in [0.2, 0.25) is 11.8 Å². The van der Waals surface area contributed by atoms with E-state index in [1.54, 1.807) is 12.3 Å². The largest absolute Gasteiger partial charge is 0.481 e. The van der Waals surface area contributed by atoms with Gasteiger partial charge in [0.25, 0.3) is 0 Å². The third kappa shape index (κ3) is 3.64. The van der Waals surface area contributed by atoms with Gasteiger partial charge in [-0.25, -0.2) is 9.78 Å². The maximum atomic E-state index is 13.3. The molecule has 1 N–H and O–H groups in total. The Balaban J connectivity index is 1.60. The van der Waals surface area contributed by atoms with Gasteiger partial charge in [0, 0.05) is 18.7 Å². The van der Waals surface area contributed by atoms with Crippen molar-refractivity contribution < 1.29 is 19.1 Å². The van der Waals surface area contributed by atoms with Gasteiger partial charge >= 0.3 is 5.97 Å². The third-order valence-electron chi connectivity index (χ3n) is 5.34. The van der Waals surface area contributed by atoms with E-state index in [1.165, 1.54) is 14.2 Å². The average molecular weight is 402 g/mol. The van der Waals surface area contributed by atoms with Crippen LogP contribution in [0.4, 0.5) is 0 Å². The summed E-state index contributed by atoms with van der Waals surface area (Å²) in [5.41, 5.74) is 4.75. The minimum Gasteiger partial charge on any atom is -0.481 e. The lowest BCUT2D eigenvalue weighted by Gasteiger charge is -2.20. The number of aromatic nitrogens is 1. The van der Waals surface area contributed by atoms with Gasteiger partial charge in [-0.1, -0.05) is 54.6 Å². The summed E-state index contributed by atoms with van der Waals surface area (Å²) in [5, 5.41) is 2.90. The zero-order valence-corrected chi connectivity index (χ0v) is 16.8. The number of hydrogen-bond acceptors (Lipinski definition) is 5. The van der Waals surface area contributed by atoms with Gasteiger partial charge in [-0.2, -0.15) is 0 Å². The number of nitrogens with zero attached hydrogens (tertiary/aromatic N) is 1. The maximum Gasteiger partial charge on any atom is 0.328 e. The quantitative estimate of drug-likeness (QED) is 0.641. The molecular weight excluding hydrogens is 380 g/mol. The monoisotopic (exact) mass is 402 g/mol. The Morgan fingerprint density at radius 3 is 2.13 bits per heavy atom. The standard InChI is InChI=1S/C24H22N2O4/c1-29-21-12-11-15(14-25-21)13-20(24(28)30-2)26-23(27)22-18-9-5-3-7-16(18)17-8-4-6-10-19(17)22/h3-12,14,20,22H,13H2,1-2H3,(H,26,27)/t20-/m0/s1. The molecule has 0 aliphatic heterocycles. The van der Waals surface area contributed by atoms with Crippen molar-refractivity contribution in [2.45, 2.75) is 18.4 Å². The van der Waals surface area contributed by atoms with Crippen LogP contribution in [-0.2, 0) is 20.7 Å². The van der Waals surface area contributed by atoms with Crippen molar-refractivity contribution in [3.05, 3.63) is 83.6 Å². The number of hydrogen-bond donors (Lipinski definition) is 1. The molecule has 0 bridgehead atoms. The van der Waals surface area contributed by atoms with Gasteiger partial charge in [-0.15, -0.1) is 0 Å². The number of carbonyl (C=O) groups excluding carboxylic acids is 2. The number of nitrogens with one attached hydrogen (secondary N) is 1. The molecular formula is C24H22N2O4. The Morgan fingerprint density at radius 2 is 1.60 bits per heavy atom. The Kier molecular flexibility index (Phi) is 5.48. The second-order valence-corrected chi connectivity index (χ2v) is 7.10. The molecule has 1 heterocycles. The number of rotatable bonds is 6. The lowest BCUT2D eigenvalue weighted by atomic mass is 9.95. The summed E-state index contributed by atoms with van der Waals surface area (Å²) in [5.74, 6) is -0.724. The van der Waals surface area contributed by atoms with Crippen LogP contribution in [0.5, 0.6) is 5.88 Å². The van der Waals surface area contributed by atoms with E-state index in [1.807, 2.05) is 54.6 Å². The molecule has 30 heavy (non-hydrogen) atoms. The summed E-state index contributed by atoms with van der Waals surface area (Å²) in [6, 6.07) is 18.4. The zero-order chi connectivity index (χ0) is 21.1. The highest BCUT2D eigenvalue weighted by atomic mass is 16.5. The summed E-state index contributed by atoms with van der Waals surface area (Å²) >= 11 is 0. The molecule has 6 nitrogen and oxygen atoms in total. The number of pyridine rings is 1. The Hall–Kier alpha value is -3.67. The SMILES string of the molecule is COC(=O)[C@H](Cc1ccc(OC)nc1)NC(=O)C1c2ccccc2-c2ccccc21. The molecule has 2 aromatic carbocycles. The van der Waals surface area contributed by atoms with Crippen LogP contribution in [0.3, 0.4) is 0 Å². The Labute approximate surface area is 174 Å². The average Bonchev–Trinajstić information content (AvgIpc) is 3.13. The van der Waals surface area contributed by atoms with Crippen molar-refractivity contribution in [1.82, 2.24) is 10.3 Å². The molecule has 0 fully saturated rings. The Bertz CT molecular complexity index is 1030. The van der Waals surface area contributed by atoms with Crippen LogP contribution in [0.15, 0.2) is 66.9 Å². The maximum absolute atomic E-state index is 13.3. The fourth-order valence-corrected chi connectivity index (χ4v) is 3.92. The van der Waals surface area contributed by atoms with Crippen LogP contribution in [0.2, 0.25) is 0 Å². The first-order valence-corrected chi connectivity index (χ1v) is 9.67. The van der Waals surface area contributed by atoms with E-state index in [-0.39, 0.29) is 12.3 Å². The molecule has 1 amide bonds. The van der Waals surface area contributed by atoms with E-state index in [9.17, 15) is 9.59 Å². The molecule has 1 aliphatic rings. The molecule has 1 aromatic heterocycles. The van der Waals surface area contributed by atoms with Crippen LogP contribution in [0.1, 0.15) is 22.6 Å². The lowest BCUT2D eigenvalue weighted by Crippen LogP contribution is -2.45. The molecule has 6 heteroatoms. The van der Waals surface area contributed by atoms with Crippen molar-refractivity contribution >= 4 is 11.9 Å². The van der Waals surface area contributed by atoms with Crippen LogP contribution in [-0.4, -0.2) is 37.1 Å². The molecule has 1 aliphatic carbocycles. The molecule has 152 valence electrons. The summed E-state index contributed by atoms with van der Waals surface area (Å²) < 4.78 is 10.0.